The first-order valence-corrected chi connectivity index (χ1v) is 21.2. The van der Waals surface area contributed by atoms with Crippen LogP contribution < -0.4 is 9.80 Å². The van der Waals surface area contributed by atoms with E-state index in [1.54, 1.807) is 79.1 Å². The van der Waals surface area contributed by atoms with E-state index in [0.29, 0.717) is 45.4 Å². The number of hydrogen-bond donors (Lipinski definition) is 3. The third kappa shape index (κ3) is 8.69. The number of amides is 2. The number of rotatable bonds is 10. The van der Waals surface area contributed by atoms with Gasteiger partial charge in [0.1, 0.15) is 29.4 Å². The summed E-state index contributed by atoms with van der Waals surface area (Å²) in [6.45, 7) is 11.7. The van der Waals surface area contributed by atoms with Crippen LogP contribution in [0.1, 0.15) is 79.2 Å². The molecule has 0 saturated carbocycles. The summed E-state index contributed by atoms with van der Waals surface area (Å²) >= 11 is 5.96. The molecule has 3 aromatic heterocycles. The van der Waals surface area contributed by atoms with Gasteiger partial charge in [-0.2, -0.15) is 0 Å². The van der Waals surface area contributed by atoms with Crippen molar-refractivity contribution >= 4 is 68.4 Å². The highest BCUT2D eigenvalue weighted by Crippen LogP contribution is 2.46. The highest BCUT2D eigenvalue weighted by atomic mass is 35.5. The van der Waals surface area contributed by atoms with Crippen molar-refractivity contribution in [3.8, 4) is 0 Å². The molecule has 9 rings (SSSR count). The fourth-order valence-electron chi connectivity index (χ4n) is 8.48. The molecular weight excluding hydrogens is 822 g/mol. The van der Waals surface area contributed by atoms with Crippen LogP contribution in [0.2, 0.25) is 5.02 Å². The second-order valence-electron chi connectivity index (χ2n) is 15.9. The average molecular weight is 870 g/mol. The van der Waals surface area contributed by atoms with Gasteiger partial charge in [-0.15, -0.1) is 4.91 Å². The molecule has 15 heteroatoms. The molecule has 4 aromatic carbocycles. The number of nitrogens with one attached hydrogen (secondary N) is 2. The third-order valence-corrected chi connectivity index (χ3v) is 11.5. The summed E-state index contributed by atoms with van der Waals surface area (Å²) in [4.78, 5) is 82.5. The number of carbonyl (C=O) groups excluding carboxylic acids is 4. The van der Waals surface area contributed by atoms with Crippen LogP contribution in [0.3, 0.4) is 0 Å². The molecule has 0 bridgehead atoms. The molecule has 2 amide bonds. The Morgan fingerprint density at radius 3 is 1.94 bits per heavy atom. The van der Waals surface area contributed by atoms with Gasteiger partial charge in [0.2, 0.25) is 0 Å². The van der Waals surface area contributed by atoms with Gasteiger partial charge in [-0.25, -0.2) is 9.97 Å². The summed E-state index contributed by atoms with van der Waals surface area (Å²) in [5, 5.41) is 14.4. The summed E-state index contributed by atoms with van der Waals surface area (Å²) in [5.41, 5.74) is 6.39. The van der Waals surface area contributed by atoms with Crippen molar-refractivity contribution in [2.75, 3.05) is 9.80 Å². The van der Waals surface area contributed by atoms with Gasteiger partial charge >= 0.3 is 0 Å². The molecule has 2 aliphatic rings. The van der Waals surface area contributed by atoms with Crippen LogP contribution in [0.4, 0.5) is 11.4 Å². The van der Waals surface area contributed by atoms with Crippen LogP contribution in [0.15, 0.2) is 119 Å². The molecule has 3 N–H and O–H groups in total. The first-order chi connectivity index (χ1) is 30.3. The lowest BCUT2D eigenvalue weighted by atomic mass is 9.85. The molecule has 5 heterocycles. The van der Waals surface area contributed by atoms with Gasteiger partial charge in [0.05, 0.1) is 52.6 Å². The van der Waals surface area contributed by atoms with E-state index in [1.165, 1.54) is 4.90 Å². The van der Waals surface area contributed by atoms with Gasteiger partial charge in [-0.1, -0.05) is 74.3 Å². The third-order valence-electron chi connectivity index (χ3n) is 11.2. The molecule has 2 aliphatic heterocycles. The predicted molar refractivity (Wildman–Crippen MR) is 241 cm³/mol. The molecule has 14 nitrogen and oxygen atoms in total. The van der Waals surface area contributed by atoms with Gasteiger partial charge in [0.15, 0.2) is 11.8 Å². The number of aromatic nitrogens is 4. The molecule has 63 heavy (non-hydrogen) atoms. The van der Waals surface area contributed by atoms with Crippen LogP contribution in [0.5, 0.6) is 0 Å². The Hall–Kier alpha value is -6.77. The number of hydrogen-bond acceptors (Lipinski definition) is 10. The molecule has 6 atom stereocenters. The van der Waals surface area contributed by atoms with E-state index in [4.69, 9.17) is 16.0 Å². The maximum atomic E-state index is 13.5. The number of H-pyrrole nitrogens is 2. The van der Waals surface area contributed by atoms with Crippen molar-refractivity contribution in [1.82, 2.24) is 19.9 Å². The molecule has 0 spiro atoms. The van der Waals surface area contributed by atoms with Crippen molar-refractivity contribution in [2.24, 2.45) is 22.9 Å². The number of aliphatic hydroxyl groups is 1. The zero-order valence-electron chi connectivity index (χ0n) is 35.7. The zero-order valence-corrected chi connectivity index (χ0v) is 36.4. The summed E-state index contributed by atoms with van der Waals surface area (Å²) < 4.78 is 5.84. The van der Waals surface area contributed by atoms with Gasteiger partial charge in [-0.3, -0.25) is 24.1 Å². The number of carbonyl (C=O) groups is 4. The smallest absolute Gasteiger partial charge is 0.257 e. The number of halogens is 1. The Labute approximate surface area is 368 Å². The van der Waals surface area contributed by atoms with Crippen molar-refractivity contribution < 1.29 is 28.7 Å². The number of anilines is 2. The first-order valence-electron chi connectivity index (χ1n) is 20.8. The molecule has 0 aliphatic carbocycles. The topological polar surface area (TPSA) is 195 Å². The number of aliphatic hydroxyl groups excluding tert-OH is 1. The number of nitroso groups, excluding NO2 is 1. The minimum absolute atomic E-state index is 0.0857. The van der Waals surface area contributed by atoms with Crippen LogP contribution >= 0.6 is 11.6 Å². The first kappa shape index (κ1) is 44.3. The summed E-state index contributed by atoms with van der Waals surface area (Å²) in [7, 11) is 0. The standard InChI is InChI=1S/C23H17ClN4O4.C23H25N3O3.C2H6/c1-12-2-9-18(32-12)21-19(22(29)13-3-5-14(24)6-4-13)20(27-31)23(30)28(21)15-7-8-16-17(10-15)26-11-25-16;1-13(2)9-19(27)20-21(15-6-4-5-14(3)10-15)26(23(29)22(20)28)16-7-8-17-18(11-16)25-12-24-17;1-2/h2-11,19-21H,1H3,(H,25,26);4-8,10-13,20-22,28H,9H2,1-3H3,(H,24,25);1-2H3. The van der Waals surface area contributed by atoms with Gasteiger partial charge in [-0.05, 0) is 98.1 Å². The lowest BCUT2D eigenvalue weighted by Gasteiger charge is -2.28. The molecule has 6 unspecified atom stereocenters. The SMILES string of the molecule is CC.Cc1ccc(C2C(C(=O)c3ccc(Cl)cc3)C(N=O)C(=O)N2c2ccc3nc[nH]c3c2)o1.Cc1cccc(C2C(C(=O)CC(C)C)C(O)C(=O)N2c2ccc3nc[nH]c3c2)c1. The van der Waals surface area contributed by atoms with E-state index in [2.05, 4.69) is 25.1 Å². The number of aromatic amines is 2. The van der Waals surface area contributed by atoms with Crippen LogP contribution in [0, 0.1) is 36.5 Å². The number of aryl methyl sites for hydroxylation is 2. The number of furan rings is 1. The number of Topliss-reactive ketones (excluding diaryl/α,β-unsaturated/α-hetero) is 2. The monoisotopic (exact) mass is 869 g/mol. The summed E-state index contributed by atoms with van der Waals surface area (Å²) in [5.74, 6) is -2.17. The molecule has 7 aromatic rings. The Morgan fingerprint density at radius 1 is 0.794 bits per heavy atom. The van der Waals surface area contributed by atoms with Gasteiger partial charge < -0.3 is 24.4 Å². The Kier molecular flexibility index (Phi) is 13.1. The fraction of sp³-hybridized carbons (Fsp3) is 0.292. The molecule has 0 radical (unpaired) electrons. The highest BCUT2D eigenvalue weighted by molar-refractivity contribution is 6.30. The number of benzene rings is 4. The zero-order chi connectivity index (χ0) is 45.1. The number of nitrogens with zero attached hydrogens (tertiary/aromatic N) is 5. The van der Waals surface area contributed by atoms with E-state index >= 15 is 0 Å². The van der Waals surface area contributed by atoms with Crippen molar-refractivity contribution in [3.63, 3.8) is 0 Å². The van der Waals surface area contributed by atoms with Crippen molar-refractivity contribution in [2.45, 2.75) is 72.2 Å². The van der Waals surface area contributed by atoms with E-state index in [-0.39, 0.29) is 17.5 Å². The van der Waals surface area contributed by atoms with Crippen LogP contribution in [0.25, 0.3) is 22.1 Å². The summed E-state index contributed by atoms with van der Waals surface area (Å²) in [6.07, 6.45) is 2.12. The summed E-state index contributed by atoms with van der Waals surface area (Å²) in [6, 6.07) is 25.5. The van der Waals surface area contributed by atoms with Crippen molar-refractivity contribution in [3.05, 3.63) is 148 Å². The van der Waals surface area contributed by atoms with Gasteiger partial charge in [0, 0.05) is 28.4 Å². The molecule has 2 saturated heterocycles. The molecule has 2 fully saturated rings. The Morgan fingerprint density at radius 2 is 1.40 bits per heavy atom. The van der Waals surface area contributed by atoms with Crippen LogP contribution in [-0.4, -0.2) is 60.6 Å². The fourth-order valence-corrected chi connectivity index (χ4v) is 8.60. The predicted octanol–water partition coefficient (Wildman–Crippen LogP) is 9.42. The largest absolute Gasteiger partial charge is 0.464 e. The quantitative estimate of drug-likeness (QED) is 0.0886. The second-order valence-corrected chi connectivity index (χ2v) is 16.3. The Bertz CT molecular complexity index is 2790. The average Bonchev–Trinajstić information content (AvgIpc) is 4.12. The normalized spacial score (nSPS) is 20.8. The second kappa shape index (κ2) is 18.7. The molecule has 324 valence electrons. The highest BCUT2D eigenvalue weighted by Gasteiger charge is 2.55. The lowest BCUT2D eigenvalue weighted by Crippen LogP contribution is -2.30. The number of fused-ring (bicyclic) bond motifs is 2. The lowest BCUT2D eigenvalue weighted by molar-refractivity contribution is -0.132. The van der Waals surface area contributed by atoms with E-state index < -0.39 is 47.9 Å². The van der Waals surface area contributed by atoms with Gasteiger partial charge in [0.25, 0.3) is 11.8 Å². The minimum Gasteiger partial charge on any atom is -0.464 e. The molecular formula is C48H48ClN7O7. The van der Waals surface area contributed by atoms with E-state index in [9.17, 15) is 29.2 Å². The number of imidazole rings is 2. The maximum Gasteiger partial charge on any atom is 0.257 e. The van der Waals surface area contributed by atoms with Crippen molar-refractivity contribution in [1.29, 1.82) is 0 Å². The minimum atomic E-state index is -1.40. The number of ketones is 2. The van der Waals surface area contributed by atoms with Crippen LogP contribution in [-0.2, 0) is 14.4 Å². The maximum absolute atomic E-state index is 13.5. The Balaban J connectivity index is 0.000000183. The van der Waals surface area contributed by atoms with E-state index in [0.717, 1.165) is 27.7 Å². The van der Waals surface area contributed by atoms with E-state index in [1.807, 2.05) is 77.1 Å².